The van der Waals surface area contributed by atoms with Crippen LogP contribution in [0.4, 0.5) is 11.4 Å². The van der Waals surface area contributed by atoms with Gasteiger partial charge in [0.2, 0.25) is 4.77 Å². The zero-order valence-electron chi connectivity index (χ0n) is 18.5. The van der Waals surface area contributed by atoms with E-state index >= 15 is 0 Å². The SMILES string of the molecule is C#CC#CC#CCN1c2ccc(OCNc3cccc(-n4[nH]nnc4=S)c3)cc2CCC1C(=O)O. The molecule has 2 heterocycles. The van der Waals surface area contributed by atoms with Crippen LogP contribution in [-0.4, -0.2) is 50.6 Å². The van der Waals surface area contributed by atoms with Gasteiger partial charge in [0.25, 0.3) is 0 Å². The molecule has 10 heteroatoms. The molecule has 0 fully saturated rings. The predicted octanol–water partition coefficient (Wildman–Crippen LogP) is 2.62. The lowest BCUT2D eigenvalue weighted by atomic mass is 9.95. The summed E-state index contributed by atoms with van der Waals surface area (Å²) in [7, 11) is 0. The van der Waals surface area contributed by atoms with Gasteiger partial charge >= 0.3 is 5.97 Å². The number of rotatable bonds is 7. The third kappa shape index (κ3) is 5.62. The largest absolute Gasteiger partial charge is 0.480 e. The lowest BCUT2D eigenvalue weighted by molar-refractivity contribution is -0.138. The van der Waals surface area contributed by atoms with Crippen molar-refractivity contribution in [1.29, 1.82) is 0 Å². The van der Waals surface area contributed by atoms with Gasteiger partial charge in [0.15, 0.2) is 6.73 Å². The monoisotopic (exact) mass is 484 g/mol. The number of anilines is 2. The lowest BCUT2D eigenvalue weighted by Gasteiger charge is -2.35. The summed E-state index contributed by atoms with van der Waals surface area (Å²) in [6, 6.07) is 12.5. The van der Waals surface area contributed by atoms with Crippen LogP contribution in [0.15, 0.2) is 42.5 Å². The van der Waals surface area contributed by atoms with Crippen molar-refractivity contribution in [3.8, 4) is 47.5 Å². The maximum Gasteiger partial charge on any atom is 0.326 e. The van der Waals surface area contributed by atoms with Gasteiger partial charge < -0.3 is 20.1 Å². The molecule has 0 spiro atoms. The van der Waals surface area contributed by atoms with Crippen LogP contribution in [0.2, 0.25) is 0 Å². The van der Waals surface area contributed by atoms with Crippen LogP contribution in [0.25, 0.3) is 5.69 Å². The lowest BCUT2D eigenvalue weighted by Crippen LogP contribution is -2.44. The van der Waals surface area contributed by atoms with Gasteiger partial charge in [-0.05, 0) is 90.7 Å². The number of hydrogen-bond donors (Lipinski definition) is 3. The number of fused-ring (bicyclic) bond motifs is 1. The van der Waals surface area contributed by atoms with E-state index in [4.69, 9.17) is 23.4 Å². The maximum absolute atomic E-state index is 11.8. The molecule has 9 nitrogen and oxygen atoms in total. The number of hydrogen-bond acceptors (Lipinski definition) is 7. The molecular weight excluding hydrogens is 464 g/mol. The van der Waals surface area contributed by atoms with Gasteiger partial charge in [-0.15, -0.1) is 6.42 Å². The molecule has 2 aromatic carbocycles. The number of benzene rings is 2. The minimum atomic E-state index is -0.883. The molecule has 1 atom stereocenters. The van der Waals surface area contributed by atoms with E-state index in [2.05, 4.69) is 50.4 Å². The van der Waals surface area contributed by atoms with E-state index in [0.717, 1.165) is 22.6 Å². The third-order valence-electron chi connectivity index (χ3n) is 5.33. The zero-order chi connectivity index (χ0) is 24.6. The fraction of sp³-hybridized carbons (Fsp3) is 0.200. The number of aromatic amines is 1. The van der Waals surface area contributed by atoms with Crippen LogP contribution < -0.4 is 15.0 Å². The van der Waals surface area contributed by atoms with Crippen LogP contribution in [-0.2, 0) is 11.2 Å². The smallest absolute Gasteiger partial charge is 0.326 e. The molecule has 3 aromatic rings. The van der Waals surface area contributed by atoms with E-state index in [1.165, 1.54) is 0 Å². The molecule has 1 aromatic heterocycles. The third-order valence-corrected chi connectivity index (χ3v) is 5.60. The molecule has 0 amide bonds. The van der Waals surface area contributed by atoms with Gasteiger partial charge in [-0.1, -0.05) is 22.3 Å². The van der Waals surface area contributed by atoms with Gasteiger partial charge in [0, 0.05) is 11.4 Å². The van der Waals surface area contributed by atoms with Gasteiger partial charge in [-0.25, -0.2) is 9.48 Å². The quantitative estimate of drug-likeness (QED) is 0.267. The first-order valence-electron chi connectivity index (χ1n) is 10.6. The summed E-state index contributed by atoms with van der Waals surface area (Å²) in [6.45, 7) is 0.465. The first-order valence-corrected chi connectivity index (χ1v) is 11.0. The highest BCUT2D eigenvalue weighted by Crippen LogP contribution is 2.33. The minimum Gasteiger partial charge on any atom is -0.480 e. The number of H-pyrrole nitrogens is 1. The van der Waals surface area contributed by atoms with E-state index < -0.39 is 12.0 Å². The van der Waals surface area contributed by atoms with Gasteiger partial charge in [0.1, 0.15) is 11.8 Å². The molecule has 1 unspecified atom stereocenters. The highest BCUT2D eigenvalue weighted by molar-refractivity contribution is 7.71. The Bertz CT molecular complexity index is 1460. The highest BCUT2D eigenvalue weighted by Gasteiger charge is 2.31. The second kappa shape index (κ2) is 10.9. The first kappa shape index (κ1) is 23.4. The van der Waals surface area contributed by atoms with Crippen molar-refractivity contribution in [1.82, 2.24) is 20.2 Å². The Labute approximate surface area is 207 Å². The second-order valence-electron chi connectivity index (χ2n) is 7.44. The standard InChI is InChI=1S/C25H20N6O3S/c1-2-3-4-5-6-14-30-22-13-11-21(15-18(22)10-12-23(30)24(32)33)34-17-26-19-8-7-9-20(16-19)31-25(35)27-28-29-31/h1,7-9,11,13,15-16,23,26H,10,12,14,17H2,(H,32,33)(H,27,29,35). The Morgan fingerprint density at radius 1 is 1.29 bits per heavy atom. The summed E-state index contributed by atoms with van der Waals surface area (Å²) in [4.78, 5) is 13.5. The fourth-order valence-electron chi connectivity index (χ4n) is 3.76. The molecule has 4 rings (SSSR count). The predicted molar refractivity (Wildman–Crippen MR) is 134 cm³/mol. The van der Waals surface area contributed by atoms with E-state index in [-0.39, 0.29) is 13.3 Å². The Hall–Kier alpha value is -4.72. The van der Waals surface area contributed by atoms with Crippen LogP contribution in [0, 0.1) is 40.8 Å². The Balaban J connectivity index is 1.43. The average molecular weight is 485 g/mol. The number of aromatic nitrogens is 4. The van der Waals surface area contributed by atoms with E-state index in [0.29, 0.717) is 23.4 Å². The van der Waals surface area contributed by atoms with Crippen molar-refractivity contribution < 1.29 is 14.6 Å². The molecule has 0 bridgehead atoms. The number of carbonyl (C=O) groups is 1. The van der Waals surface area contributed by atoms with Gasteiger partial charge in [-0.3, -0.25) is 0 Å². The van der Waals surface area contributed by atoms with E-state index in [9.17, 15) is 9.90 Å². The Morgan fingerprint density at radius 3 is 2.94 bits per heavy atom. The highest BCUT2D eigenvalue weighted by atomic mass is 32.1. The normalized spacial score (nSPS) is 13.8. The van der Waals surface area contributed by atoms with Crippen molar-refractivity contribution in [3.63, 3.8) is 0 Å². The van der Waals surface area contributed by atoms with Crippen molar-refractivity contribution in [3.05, 3.63) is 52.8 Å². The molecular formula is C25H20N6O3S. The second-order valence-corrected chi connectivity index (χ2v) is 7.81. The number of aryl methyl sites for hydroxylation is 1. The molecule has 174 valence electrons. The average Bonchev–Trinajstić information content (AvgIpc) is 3.29. The summed E-state index contributed by atoms with van der Waals surface area (Å²) in [5, 5.41) is 23.1. The zero-order valence-corrected chi connectivity index (χ0v) is 19.3. The molecule has 0 radical (unpaired) electrons. The topological polar surface area (TPSA) is 108 Å². The summed E-state index contributed by atoms with van der Waals surface area (Å²) in [5.74, 6) is 12.5. The Morgan fingerprint density at radius 2 is 2.17 bits per heavy atom. The van der Waals surface area contributed by atoms with Crippen LogP contribution in [0.5, 0.6) is 5.75 Å². The first-order chi connectivity index (χ1) is 17.1. The summed E-state index contributed by atoms with van der Waals surface area (Å²) in [6.07, 6.45) is 6.18. The molecule has 1 aliphatic rings. The number of terminal acetylenes is 1. The molecule has 3 N–H and O–H groups in total. The number of nitrogens with one attached hydrogen (secondary N) is 2. The molecule has 0 saturated carbocycles. The molecule has 0 saturated heterocycles. The fourth-order valence-corrected chi connectivity index (χ4v) is 3.95. The Kier molecular flexibility index (Phi) is 7.32. The summed E-state index contributed by atoms with van der Waals surface area (Å²) >= 11 is 5.14. The van der Waals surface area contributed by atoms with Crippen LogP contribution in [0.1, 0.15) is 12.0 Å². The molecule has 1 aliphatic heterocycles. The van der Waals surface area contributed by atoms with Gasteiger partial charge in [-0.2, -0.15) is 5.21 Å². The number of tetrazole rings is 1. The van der Waals surface area contributed by atoms with Crippen LogP contribution in [0.3, 0.4) is 0 Å². The minimum absolute atomic E-state index is 0.232. The van der Waals surface area contributed by atoms with Gasteiger partial charge in [0.05, 0.1) is 12.2 Å². The number of carboxylic acids is 1. The van der Waals surface area contributed by atoms with Crippen molar-refractivity contribution >= 4 is 29.6 Å². The van der Waals surface area contributed by atoms with E-state index in [1.54, 1.807) is 9.58 Å². The number of aliphatic carboxylic acids is 1. The number of ether oxygens (including phenoxy) is 1. The number of nitrogens with zero attached hydrogens (tertiary/aromatic N) is 4. The molecule has 0 aliphatic carbocycles. The number of carboxylic acid groups (broad SMARTS) is 1. The van der Waals surface area contributed by atoms with Crippen LogP contribution >= 0.6 is 12.2 Å². The summed E-state index contributed by atoms with van der Waals surface area (Å²) in [5.41, 5.74) is 3.44. The van der Waals surface area contributed by atoms with Crippen molar-refractivity contribution in [2.45, 2.75) is 18.9 Å². The summed E-state index contributed by atoms with van der Waals surface area (Å²) < 4.78 is 7.82. The van der Waals surface area contributed by atoms with Crippen molar-refractivity contribution in [2.24, 2.45) is 0 Å². The maximum atomic E-state index is 11.8. The van der Waals surface area contributed by atoms with Crippen molar-refractivity contribution in [2.75, 3.05) is 23.5 Å². The van der Waals surface area contributed by atoms with E-state index in [1.807, 2.05) is 42.5 Å². The molecule has 35 heavy (non-hydrogen) atoms.